The molecule has 0 aliphatic heterocycles. The van der Waals surface area contributed by atoms with E-state index in [4.69, 9.17) is 4.42 Å². The predicted octanol–water partition coefficient (Wildman–Crippen LogP) is 5.42. The van der Waals surface area contributed by atoms with Crippen LogP contribution in [0.4, 0.5) is 5.88 Å². The van der Waals surface area contributed by atoms with Crippen LogP contribution in [0.25, 0.3) is 0 Å². The first-order chi connectivity index (χ1) is 12.8. The van der Waals surface area contributed by atoms with Gasteiger partial charge in [0.25, 0.3) is 5.88 Å². The monoisotopic (exact) mass is 382 g/mol. The van der Waals surface area contributed by atoms with Crippen LogP contribution in [0.1, 0.15) is 89.6 Å². The van der Waals surface area contributed by atoms with Crippen molar-refractivity contribution in [3.8, 4) is 11.8 Å². The molecule has 2 rings (SSSR count). The van der Waals surface area contributed by atoms with Crippen LogP contribution in [0.3, 0.4) is 0 Å². The van der Waals surface area contributed by atoms with Gasteiger partial charge >= 0.3 is 0 Å². The molecule has 0 unspecified atom stereocenters. The third-order valence-electron chi connectivity index (χ3n) is 4.37. The van der Waals surface area contributed by atoms with Crippen LogP contribution in [-0.4, -0.2) is 16.3 Å². The van der Waals surface area contributed by atoms with E-state index < -0.39 is 0 Å². The van der Waals surface area contributed by atoms with Crippen molar-refractivity contribution in [3.63, 3.8) is 0 Å². The van der Waals surface area contributed by atoms with Crippen LogP contribution in [0.5, 0.6) is 5.75 Å². The van der Waals surface area contributed by atoms with Gasteiger partial charge in [-0.3, -0.25) is 0 Å². The first kappa shape index (κ1) is 21.5. The summed E-state index contributed by atoms with van der Waals surface area (Å²) < 4.78 is 5.58. The summed E-state index contributed by atoms with van der Waals surface area (Å²) in [6, 6.07) is 5.87. The third-order valence-corrected chi connectivity index (χ3v) is 4.37. The van der Waals surface area contributed by atoms with Crippen LogP contribution in [0.2, 0.25) is 0 Å². The number of rotatable bonds is 4. The zero-order chi connectivity index (χ0) is 21.3. The van der Waals surface area contributed by atoms with Gasteiger partial charge in [-0.05, 0) is 28.5 Å². The number of anilines is 1. The molecule has 2 N–H and O–H groups in total. The molecule has 0 aliphatic carbocycles. The number of aromatic nitrogens is 1. The number of nitrogens with zero attached hydrogens (tertiary/aromatic N) is 3. The molecule has 0 atom stereocenters. The molecule has 6 heteroatoms. The summed E-state index contributed by atoms with van der Waals surface area (Å²) in [5, 5.41) is 24.2. The minimum Gasteiger partial charge on any atom is -0.507 e. The van der Waals surface area contributed by atoms with Crippen molar-refractivity contribution in [2.45, 2.75) is 72.1 Å². The van der Waals surface area contributed by atoms with E-state index in [1.165, 1.54) is 0 Å². The highest BCUT2D eigenvalue weighted by Gasteiger charge is 2.26. The molecule has 1 aromatic heterocycles. The van der Waals surface area contributed by atoms with Gasteiger partial charge in [0.1, 0.15) is 11.8 Å². The number of oxazole rings is 1. The molecule has 0 saturated carbocycles. The smallest absolute Gasteiger partial charge is 0.252 e. The molecular formula is C22H30N4O2. The fourth-order valence-corrected chi connectivity index (χ4v) is 2.78. The average Bonchev–Trinajstić information content (AvgIpc) is 2.97. The number of hydrogen-bond acceptors (Lipinski definition) is 6. The van der Waals surface area contributed by atoms with E-state index in [1.807, 2.05) is 32.0 Å². The van der Waals surface area contributed by atoms with Crippen LogP contribution in [-0.2, 0) is 10.8 Å². The van der Waals surface area contributed by atoms with E-state index >= 15 is 0 Å². The normalized spacial score (nSPS) is 12.6. The van der Waals surface area contributed by atoms with Crippen molar-refractivity contribution in [3.05, 3.63) is 40.4 Å². The minimum atomic E-state index is -0.216. The first-order valence-electron chi connectivity index (χ1n) is 9.42. The van der Waals surface area contributed by atoms with Crippen molar-refractivity contribution >= 4 is 12.1 Å². The Balaban J connectivity index is 2.40. The van der Waals surface area contributed by atoms with E-state index in [9.17, 15) is 10.4 Å². The van der Waals surface area contributed by atoms with E-state index in [2.05, 4.69) is 57.1 Å². The van der Waals surface area contributed by atoms with Gasteiger partial charge in [0.05, 0.1) is 6.21 Å². The lowest BCUT2D eigenvalue weighted by Gasteiger charge is -2.27. The number of hydrogen-bond donors (Lipinski definition) is 2. The second kappa shape index (κ2) is 7.67. The number of benzene rings is 1. The van der Waals surface area contributed by atoms with Crippen molar-refractivity contribution in [1.82, 2.24) is 4.98 Å². The van der Waals surface area contributed by atoms with Gasteiger partial charge in [0.2, 0.25) is 11.6 Å². The van der Waals surface area contributed by atoms with E-state index in [-0.39, 0.29) is 28.3 Å². The van der Waals surface area contributed by atoms with Crippen LogP contribution < -0.4 is 5.43 Å². The standard InChI is InChI=1S/C22H30N4O2/c1-13(2)19-25-17(11-23)20(28-19)26-24-12-14-9-15(21(3,4)5)18(27)16(10-14)22(6,7)8/h9-10,12-13,26-27H,1-8H3/b24-12+. The Kier molecular flexibility index (Phi) is 5.88. The maximum atomic E-state index is 10.8. The number of aromatic hydroxyl groups is 1. The van der Waals surface area contributed by atoms with Gasteiger partial charge in [-0.2, -0.15) is 10.4 Å². The molecule has 0 aliphatic rings. The van der Waals surface area contributed by atoms with Gasteiger partial charge in [0, 0.05) is 17.0 Å². The number of nitriles is 1. The summed E-state index contributed by atoms with van der Waals surface area (Å²) in [5.74, 6) is 1.12. The lowest BCUT2D eigenvalue weighted by atomic mass is 9.78. The maximum Gasteiger partial charge on any atom is 0.252 e. The minimum absolute atomic E-state index is 0.0763. The van der Waals surface area contributed by atoms with Crippen molar-refractivity contribution < 1.29 is 9.52 Å². The molecule has 0 radical (unpaired) electrons. The molecule has 0 amide bonds. The SMILES string of the molecule is CC(C)c1nc(C#N)c(N/N=C/c2cc(C(C)(C)C)c(O)c(C(C)(C)C)c2)o1. The fraction of sp³-hybridized carbons (Fsp3) is 0.500. The summed E-state index contributed by atoms with van der Waals surface area (Å²) in [7, 11) is 0. The number of phenols is 1. The molecule has 28 heavy (non-hydrogen) atoms. The molecule has 1 aromatic carbocycles. The molecule has 150 valence electrons. The Labute approximate surface area is 167 Å². The fourth-order valence-electron chi connectivity index (χ4n) is 2.78. The highest BCUT2D eigenvalue weighted by molar-refractivity contribution is 5.82. The average molecular weight is 383 g/mol. The van der Waals surface area contributed by atoms with Crippen LogP contribution in [0, 0.1) is 11.3 Å². The molecule has 0 fully saturated rings. The Morgan fingerprint density at radius 1 is 1.14 bits per heavy atom. The molecule has 0 spiro atoms. The van der Waals surface area contributed by atoms with Gasteiger partial charge in [-0.15, -0.1) is 0 Å². The third kappa shape index (κ3) is 4.72. The number of phenolic OH excluding ortho intramolecular Hbond substituents is 1. The van der Waals surface area contributed by atoms with Gasteiger partial charge in [-0.25, -0.2) is 10.4 Å². The van der Waals surface area contributed by atoms with E-state index in [1.54, 1.807) is 6.21 Å². The molecule has 1 heterocycles. The summed E-state index contributed by atoms with van der Waals surface area (Å²) in [6.07, 6.45) is 1.66. The second-order valence-corrected chi connectivity index (χ2v) is 9.33. The lowest BCUT2D eigenvalue weighted by molar-refractivity contribution is 0.423. The Morgan fingerprint density at radius 3 is 2.11 bits per heavy atom. The highest BCUT2D eigenvalue weighted by atomic mass is 16.4. The lowest BCUT2D eigenvalue weighted by Crippen LogP contribution is -2.17. The van der Waals surface area contributed by atoms with E-state index in [0.717, 1.165) is 16.7 Å². The van der Waals surface area contributed by atoms with Crippen molar-refractivity contribution in [1.29, 1.82) is 5.26 Å². The molecule has 0 bridgehead atoms. The summed E-state index contributed by atoms with van der Waals surface area (Å²) in [6.45, 7) is 16.3. The number of hydrazone groups is 1. The number of nitrogens with one attached hydrogen (secondary N) is 1. The first-order valence-corrected chi connectivity index (χ1v) is 9.42. The highest BCUT2D eigenvalue weighted by Crippen LogP contribution is 2.39. The molecule has 2 aromatic rings. The predicted molar refractivity (Wildman–Crippen MR) is 112 cm³/mol. The Hall–Kier alpha value is -2.81. The topological polar surface area (TPSA) is 94.4 Å². The van der Waals surface area contributed by atoms with Crippen molar-refractivity contribution in [2.24, 2.45) is 5.10 Å². The van der Waals surface area contributed by atoms with Gasteiger partial charge in [-0.1, -0.05) is 55.4 Å². The molecule has 0 saturated heterocycles. The van der Waals surface area contributed by atoms with E-state index in [0.29, 0.717) is 11.6 Å². The quantitative estimate of drug-likeness (QED) is 0.544. The second-order valence-electron chi connectivity index (χ2n) is 9.33. The van der Waals surface area contributed by atoms with Gasteiger partial charge in [0.15, 0.2) is 0 Å². The zero-order valence-electron chi connectivity index (χ0n) is 18.0. The summed E-state index contributed by atoms with van der Waals surface area (Å²) in [4.78, 5) is 4.16. The Bertz CT molecular complexity index is 884. The van der Waals surface area contributed by atoms with Crippen LogP contribution in [0.15, 0.2) is 21.7 Å². The largest absolute Gasteiger partial charge is 0.507 e. The molecule has 6 nitrogen and oxygen atoms in total. The maximum absolute atomic E-state index is 10.8. The van der Waals surface area contributed by atoms with Crippen molar-refractivity contribution in [2.75, 3.05) is 5.43 Å². The van der Waals surface area contributed by atoms with Crippen LogP contribution >= 0.6 is 0 Å². The summed E-state index contributed by atoms with van der Waals surface area (Å²) in [5.41, 5.74) is 5.09. The summed E-state index contributed by atoms with van der Waals surface area (Å²) >= 11 is 0. The zero-order valence-corrected chi connectivity index (χ0v) is 18.0. The Morgan fingerprint density at radius 2 is 1.68 bits per heavy atom. The molecular weight excluding hydrogens is 352 g/mol. The van der Waals surface area contributed by atoms with Gasteiger partial charge < -0.3 is 9.52 Å².